The second-order valence-electron chi connectivity index (χ2n) is 4.26. The smallest absolute Gasteiger partial charge is 0.225 e. The highest BCUT2D eigenvalue weighted by Gasteiger charge is 2.29. The number of amides is 1. The fraction of sp³-hybridized carbons (Fsp3) is 0.500. The van der Waals surface area contributed by atoms with Crippen molar-refractivity contribution in [2.75, 3.05) is 16.8 Å². The van der Waals surface area contributed by atoms with Gasteiger partial charge in [0, 0.05) is 6.42 Å². The van der Waals surface area contributed by atoms with E-state index in [4.69, 9.17) is 11.6 Å². The maximum atomic E-state index is 11.7. The first-order valence-electron chi connectivity index (χ1n) is 5.44. The van der Waals surface area contributed by atoms with Crippen molar-refractivity contribution in [3.8, 4) is 0 Å². The topological polar surface area (TPSA) is 89.0 Å². The van der Waals surface area contributed by atoms with Crippen molar-refractivity contribution >= 4 is 33.2 Å². The SMILES string of the molecule is O=C(CC1CCS(=O)(=O)C1)Nc1ccc(Cl)nn1. The molecule has 1 aliphatic rings. The van der Waals surface area contributed by atoms with Crippen LogP contribution in [0.4, 0.5) is 5.82 Å². The van der Waals surface area contributed by atoms with Gasteiger partial charge in [-0.2, -0.15) is 0 Å². The molecule has 1 N–H and O–H groups in total. The van der Waals surface area contributed by atoms with Gasteiger partial charge in [0.15, 0.2) is 20.8 Å². The predicted octanol–water partition coefficient (Wildman–Crippen LogP) is 0.893. The normalized spacial score (nSPS) is 21.7. The number of sulfone groups is 1. The Balaban J connectivity index is 1.88. The van der Waals surface area contributed by atoms with Crippen molar-refractivity contribution in [2.45, 2.75) is 12.8 Å². The molecule has 2 rings (SSSR count). The standard InChI is InChI=1S/C10H12ClN3O3S/c11-8-1-2-9(14-13-8)12-10(15)5-7-3-4-18(16,17)6-7/h1-2,7H,3-6H2,(H,12,14,15). The molecule has 0 radical (unpaired) electrons. The molecule has 0 spiro atoms. The van der Waals surface area contributed by atoms with Crippen LogP contribution in [0.15, 0.2) is 12.1 Å². The summed E-state index contributed by atoms with van der Waals surface area (Å²) in [6.45, 7) is 0. The number of nitrogens with one attached hydrogen (secondary N) is 1. The number of rotatable bonds is 3. The molecule has 0 bridgehead atoms. The third-order valence-corrected chi connectivity index (χ3v) is 4.74. The average molecular weight is 290 g/mol. The van der Waals surface area contributed by atoms with E-state index in [-0.39, 0.29) is 34.9 Å². The number of halogens is 1. The van der Waals surface area contributed by atoms with E-state index in [0.717, 1.165) is 0 Å². The van der Waals surface area contributed by atoms with Gasteiger partial charge in [-0.05, 0) is 24.5 Å². The number of hydrogen-bond acceptors (Lipinski definition) is 5. The summed E-state index contributed by atoms with van der Waals surface area (Å²) in [6.07, 6.45) is 0.728. The number of aromatic nitrogens is 2. The van der Waals surface area contributed by atoms with Gasteiger partial charge in [-0.1, -0.05) is 11.6 Å². The third kappa shape index (κ3) is 3.64. The van der Waals surface area contributed by atoms with Gasteiger partial charge < -0.3 is 5.32 Å². The first-order chi connectivity index (χ1) is 8.44. The lowest BCUT2D eigenvalue weighted by atomic mass is 10.1. The second kappa shape index (κ2) is 5.19. The van der Waals surface area contributed by atoms with E-state index in [1.54, 1.807) is 6.07 Å². The van der Waals surface area contributed by atoms with Gasteiger partial charge in [-0.25, -0.2) is 8.42 Å². The molecular weight excluding hydrogens is 278 g/mol. The van der Waals surface area contributed by atoms with Gasteiger partial charge in [-0.3, -0.25) is 4.79 Å². The Hall–Kier alpha value is -1.21. The van der Waals surface area contributed by atoms with Crippen LogP contribution in [0.5, 0.6) is 0 Å². The summed E-state index contributed by atoms with van der Waals surface area (Å²) in [5.74, 6) is 0.215. The summed E-state index contributed by atoms with van der Waals surface area (Å²) in [5.41, 5.74) is 0. The molecule has 1 amide bonds. The van der Waals surface area contributed by atoms with E-state index in [2.05, 4.69) is 15.5 Å². The first kappa shape index (κ1) is 13.2. The van der Waals surface area contributed by atoms with Gasteiger partial charge in [0.2, 0.25) is 5.91 Å². The second-order valence-corrected chi connectivity index (χ2v) is 6.88. The molecule has 98 valence electrons. The number of carbonyl (C=O) groups excluding carboxylic acids is 1. The van der Waals surface area contributed by atoms with Gasteiger partial charge in [0.1, 0.15) is 0 Å². The number of anilines is 1. The van der Waals surface area contributed by atoms with Gasteiger partial charge in [0.25, 0.3) is 0 Å². The summed E-state index contributed by atoms with van der Waals surface area (Å²) in [6, 6.07) is 3.06. The minimum atomic E-state index is -2.94. The van der Waals surface area contributed by atoms with Gasteiger partial charge in [0.05, 0.1) is 11.5 Å². The minimum Gasteiger partial charge on any atom is -0.309 e. The van der Waals surface area contributed by atoms with E-state index in [0.29, 0.717) is 12.2 Å². The summed E-state index contributed by atoms with van der Waals surface area (Å²) >= 11 is 5.56. The Kier molecular flexibility index (Phi) is 3.82. The Morgan fingerprint density at radius 1 is 1.44 bits per heavy atom. The molecule has 1 aromatic rings. The Morgan fingerprint density at radius 2 is 2.22 bits per heavy atom. The lowest BCUT2D eigenvalue weighted by molar-refractivity contribution is -0.116. The molecule has 0 aliphatic carbocycles. The molecule has 0 aromatic carbocycles. The van der Waals surface area contributed by atoms with E-state index >= 15 is 0 Å². The molecular formula is C10H12ClN3O3S. The molecule has 8 heteroatoms. The molecule has 1 aromatic heterocycles. The molecule has 0 saturated carbocycles. The molecule has 18 heavy (non-hydrogen) atoms. The van der Waals surface area contributed by atoms with Crippen molar-refractivity contribution in [1.29, 1.82) is 0 Å². The fourth-order valence-electron chi connectivity index (χ4n) is 1.87. The van der Waals surface area contributed by atoms with Gasteiger partial charge >= 0.3 is 0 Å². The van der Waals surface area contributed by atoms with Crippen molar-refractivity contribution in [2.24, 2.45) is 5.92 Å². The molecule has 6 nitrogen and oxygen atoms in total. The van der Waals surface area contributed by atoms with E-state index in [1.165, 1.54) is 6.07 Å². The summed E-state index contributed by atoms with van der Waals surface area (Å²) in [4.78, 5) is 11.7. The highest BCUT2D eigenvalue weighted by Crippen LogP contribution is 2.21. The highest BCUT2D eigenvalue weighted by atomic mass is 35.5. The lowest BCUT2D eigenvalue weighted by Crippen LogP contribution is -2.18. The van der Waals surface area contributed by atoms with Crippen LogP contribution in [0.1, 0.15) is 12.8 Å². The molecule has 1 saturated heterocycles. The highest BCUT2D eigenvalue weighted by molar-refractivity contribution is 7.91. The quantitative estimate of drug-likeness (QED) is 0.893. The molecule has 2 heterocycles. The fourth-order valence-corrected chi connectivity index (χ4v) is 3.83. The summed E-state index contributed by atoms with van der Waals surface area (Å²) < 4.78 is 22.5. The van der Waals surface area contributed by atoms with Crippen LogP contribution in [0.3, 0.4) is 0 Å². The third-order valence-electron chi connectivity index (χ3n) is 2.70. The van der Waals surface area contributed by atoms with Crippen molar-refractivity contribution in [3.05, 3.63) is 17.3 Å². The largest absolute Gasteiger partial charge is 0.309 e. The van der Waals surface area contributed by atoms with Crippen molar-refractivity contribution in [1.82, 2.24) is 10.2 Å². The first-order valence-corrected chi connectivity index (χ1v) is 7.64. The van der Waals surface area contributed by atoms with E-state index in [9.17, 15) is 13.2 Å². The summed E-state index contributed by atoms with van der Waals surface area (Å²) in [7, 11) is -2.94. The van der Waals surface area contributed by atoms with Crippen LogP contribution in [-0.4, -0.2) is 36.0 Å². The van der Waals surface area contributed by atoms with Crippen LogP contribution in [0, 0.1) is 5.92 Å². The maximum absolute atomic E-state index is 11.7. The minimum absolute atomic E-state index is 0.0900. The number of hydrogen-bond donors (Lipinski definition) is 1. The molecule has 1 unspecified atom stereocenters. The van der Waals surface area contributed by atoms with Crippen LogP contribution >= 0.6 is 11.6 Å². The lowest BCUT2D eigenvalue weighted by Gasteiger charge is -2.07. The number of carbonyl (C=O) groups is 1. The van der Waals surface area contributed by atoms with Crippen molar-refractivity contribution in [3.63, 3.8) is 0 Å². The van der Waals surface area contributed by atoms with E-state index < -0.39 is 9.84 Å². The zero-order valence-electron chi connectivity index (χ0n) is 9.47. The van der Waals surface area contributed by atoms with Crippen LogP contribution in [-0.2, 0) is 14.6 Å². The summed E-state index contributed by atoms with van der Waals surface area (Å²) in [5, 5.41) is 10.1. The molecule has 1 aliphatic heterocycles. The van der Waals surface area contributed by atoms with E-state index in [1.807, 2.05) is 0 Å². The monoisotopic (exact) mass is 289 g/mol. The Morgan fingerprint density at radius 3 is 2.78 bits per heavy atom. The Bertz CT molecular complexity index is 544. The predicted molar refractivity (Wildman–Crippen MR) is 67.0 cm³/mol. The van der Waals surface area contributed by atoms with Crippen LogP contribution in [0.25, 0.3) is 0 Å². The van der Waals surface area contributed by atoms with Crippen LogP contribution in [0.2, 0.25) is 5.15 Å². The number of nitrogens with zero attached hydrogens (tertiary/aromatic N) is 2. The van der Waals surface area contributed by atoms with Crippen molar-refractivity contribution < 1.29 is 13.2 Å². The molecule has 1 atom stereocenters. The maximum Gasteiger partial charge on any atom is 0.225 e. The van der Waals surface area contributed by atoms with Crippen LogP contribution < -0.4 is 5.32 Å². The average Bonchev–Trinajstić information content (AvgIpc) is 2.61. The zero-order valence-corrected chi connectivity index (χ0v) is 11.0. The molecule has 1 fully saturated rings. The van der Waals surface area contributed by atoms with Gasteiger partial charge in [-0.15, -0.1) is 10.2 Å². The Labute approximate surface area is 110 Å². The zero-order chi connectivity index (χ0) is 13.2.